The zero-order valence-corrected chi connectivity index (χ0v) is 13.3. The second-order valence-corrected chi connectivity index (χ2v) is 5.65. The maximum absolute atomic E-state index is 12.3. The lowest BCUT2D eigenvalue weighted by Crippen LogP contribution is -2.20. The van der Waals surface area contributed by atoms with Crippen LogP contribution in [0.4, 0.5) is 0 Å². The predicted octanol–water partition coefficient (Wildman–Crippen LogP) is 3.64. The summed E-state index contributed by atoms with van der Waals surface area (Å²) in [5.41, 5.74) is 1.06. The van der Waals surface area contributed by atoms with Gasteiger partial charge in [0.2, 0.25) is 0 Å². The van der Waals surface area contributed by atoms with E-state index in [-0.39, 0.29) is 11.9 Å². The van der Waals surface area contributed by atoms with Crippen molar-refractivity contribution in [1.29, 1.82) is 0 Å². The molecule has 0 atom stereocenters. The van der Waals surface area contributed by atoms with Crippen molar-refractivity contribution in [2.75, 3.05) is 13.7 Å². The lowest BCUT2D eigenvalue weighted by atomic mass is 10.2. The first-order chi connectivity index (χ1) is 10.6. The summed E-state index contributed by atoms with van der Waals surface area (Å²) in [5, 5.41) is 0. The quantitative estimate of drug-likeness (QED) is 0.624. The number of carbonyl (C=O) groups is 2. The molecular weight excluding hydrogens is 298 g/mol. The van der Waals surface area contributed by atoms with E-state index >= 15 is 0 Å². The Kier molecular flexibility index (Phi) is 5.61. The minimum absolute atomic E-state index is 0.121. The average Bonchev–Trinajstić information content (AvgIpc) is 2.55. The fraction of sp³-hybridized carbons (Fsp3) is 0.176. The molecular formula is C17H17NO3S. The van der Waals surface area contributed by atoms with E-state index in [0.717, 1.165) is 0 Å². The molecule has 2 rings (SSSR count). The zero-order valence-electron chi connectivity index (χ0n) is 12.5. The van der Waals surface area contributed by atoms with Gasteiger partial charge in [-0.1, -0.05) is 30.3 Å². The van der Waals surface area contributed by atoms with Crippen LogP contribution in [-0.2, 0) is 4.74 Å². The highest BCUT2D eigenvalue weighted by Gasteiger charge is 2.17. The van der Waals surface area contributed by atoms with E-state index < -0.39 is 0 Å². The third-order valence-electron chi connectivity index (χ3n) is 2.92. The van der Waals surface area contributed by atoms with Gasteiger partial charge in [-0.15, -0.1) is 0 Å². The van der Waals surface area contributed by atoms with Crippen molar-refractivity contribution >= 4 is 23.8 Å². The molecule has 0 aromatic heterocycles. The van der Waals surface area contributed by atoms with Crippen molar-refractivity contribution < 1.29 is 14.3 Å². The highest BCUT2D eigenvalue weighted by Crippen LogP contribution is 2.27. The summed E-state index contributed by atoms with van der Waals surface area (Å²) in [6, 6.07) is 16.1. The van der Waals surface area contributed by atoms with E-state index in [1.807, 2.05) is 24.3 Å². The van der Waals surface area contributed by atoms with E-state index in [1.165, 1.54) is 16.3 Å². The zero-order chi connectivity index (χ0) is 15.9. The van der Waals surface area contributed by atoms with E-state index in [0.29, 0.717) is 22.6 Å². The van der Waals surface area contributed by atoms with Crippen molar-refractivity contribution in [1.82, 2.24) is 4.31 Å². The molecule has 2 aromatic carbocycles. The van der Waals surface area contributed by atoms with Crippen LogP contribution in [0.5, 0.6) is 0 Å². The van der Waals surface area contributed by atoms with E-state index in [1.54, 1.807) is 44.3 Å². The van der Waals surface area contributed by atoms with Gasteiger partial charge in [-0.2, -0.15) is 0 Å². The van der Waals surface area contributed by atoms with Gasteiger partial charge in [-0.05, 0) is 43.1 Å². The van der Waals surface area contributed by atoms with E-state index in [9.17, 15) is 9.59 Å². The number of ether oxygens (including phenoxy) is 1. The molecule has 5 heteroatoms. The summed E-state index contributed by atoms with van der Waals surface area (Å²) >= 11 is 1.21. The first-order valence-corrected chi connectivity index (χ1v) is 7.68. The Hall–Kier alpha value is -2.27. The van der Waals surface area contributed by atoms with Crippen molar-refractivity contribution in [3.63, 3.8) is 0 Å². The Balaban J connectivity index is 2.17. The number of hydrogen-bond donors (Lipinski definition) is 0. The van der Waals surface area contributed by atoms with Crippen LogP contribution in [-0.4, -0.2) is 29.8 Å². The maximum atomic E-state index is 12.3. The first-order valence-electron chi connectivity index (χ1n) is 6.90. The van der Waals surface area contributed by atoms with Gasteiger partial charge in [0.25, 0.3) is 5.91 Å². The van der Waals surface area contributed by atoms with Crippen molar-refractivity contribution in [3.05, 3.63) is 65.7 Å². The maximum Gasteiger partial charge on any atom is 0.339 e. The Bertz CT molecular complexity index is 658. The van der Waals surface area contributed by atoms with Crippen LogP contribution < -0.4 is 0 Å². The van der Waals surface area contributed by atoms with Crippen LogP contribution in [0, 0.1) is 0 Å². The van der Waals surface area contributed by atoms with Crippen LogP contribution in [0.1, 0.15) is 27.6 Å². The van der Waals surface area contributed by atoms with Crippen molar-refractivity contribution in [2.24, 2.45) is 0 Å². The van der Waals surface area contributed by atoms with Crippen LogP contribution >= 0.6 is 11.9 Å². The Morgan fingerprint density at radius 3 is 2.36 bits per heavy atom. The summed E-state index contributed by atoms with van der Waals surface area (Å²) in [7, 11) is 1.68. The third-order valence-corrected chi connectivity index (χ3v) is 3.92. The van der Waals surface area contributed by atoms with Crippen LogP contribution in [0.2, 0.25) is 0 Å². The smallest absolute Gasteiger partial charge is 0.339 e. The number of esters is 1. The van der Waals surface area contributed by atoms with Crippen molar-refractivity contribution in [2.45, 2.75) is 11.8 Å². The molecule has 22 heavy (non-hydrogen) atoms. The van der Waals surface area contributed by atoms with Crippen LogP contribution in [0.3, 0.4) is 0 Å². The molecule has 0 aliphatic heterocycles. The molecule has 0 N–H and O–H groups in total. The van der Waals surface area contributed by atoms with Crippen LogP contribution in [0.15, 0.2) is 59.5 Å². The molecule has 0 bridgehead atoms. The number of carbonyl (C=O) groups excluding carboxylic acids is 2. The molecule has 0 fully saturated rings. The van der Waals surface area contributed by atoms with Crippen LogP contribution in [0.25, 0.3) is 0 Å². The molecule has 1 amide bonds. The minimum Gasteiger partial charge on any atom is -0.462 e. The van der Waals surface area contributed by atoms with E-state index in [2.05, 4.69) is 0 Å². The van der Waals surface area contributed by atoms with Gasteiger partial charge in [0.1, 0.15) is 0 Å². The molecule has 0 unspecified atom stereocenters. The highest BCUT2D eigenvalue weighted by atomic mass is 32.2. The third kappa shape index (κ3) is 3.89. The van der Waals surface area contributed by atoms with Gasteiger partial charge >= 0.3 is 5.97 Å². The summed E-state index contributed by atoms with van der Waals surface area (Å²) in [4.78, 5) is 25.0. The number of benzene rings is 2. The Morgan fingerprint density at radius 1 is 1.05 bits per heavy atom. The normalized spacial score (nSPS) is 10.1. The SMILES string of the molecule is CCOC(=O)c1ccccc1SN(C)C(=O)c1ccccc1. The number of rotatable bonds is 5. The molecule has 0 spiro atoms. The second kappa shape index (κ2) is 7.66. The van der Waals surface area contributed by atoms with Gasteiger partial charge in [0.05, 0.1) is 12.2 Å². The average molecular weight is 315 g/mol. The summed E-state index contributed by atoms with van der Waals surface area (Å²) in [6.45, 7) is 2.08. The summed E-state index contributed by atoms with van der Waals surface area (Å²) < 4.78 is 6.55. The molecule has 0 radical (unpaired) electrons. The molecule has 0 saturated carbocycles. The van der Waals surface area contributed by atoms with Gasteiger partial charge < -0.3 is 4.74 Å². The molecule has 0 aliphatic carbocycles. The fourth-order valence-electron chi connectivity index (χ4n) is 1.88. The molecule has 0 heterocycles. The standard InChI is InChI=1S/C17H17NO3S/c1-3-21-17(20)14-11-7-8-12-15(14)22-18(2)16(19)13-9-5-4-6-10-13/h4-12H,3H2,1-2H3. The topological polar surface area (TPSA) is 46.6 Å². The van der Waals surface area contributed by atoms with Gasteiger partial charge in [-0.25, -0.2) is 4.79 Å². The Labute approximate surface area is 134 Å². The Morgan fingerprint density at radius 2 is 1.68 bits per heavy atom. The minimum atomic E-state index is -0.383. The van der Waals surface area contributed by atoms with Gasteiger partial charge in [-0.3, -0.25) is 9.10 Å². The van der Waals surface area contributed by atoms with E-state index in [4.69, 9.17) is 4.74 Å². The largest absolute Gasteiger partial charge is 0.462 e. The molecule has 4 nitrogen and oxygen atoms in total. The van der Waals surface area contributed by atoms with Gasteiger partial charge in [0.15, 0.2) is 0 Å². The molecule has 2 aromatic rings. The number of hydrogen-bond acceptors (Lipinski definition) is 4. The lowest BCUT2D eigenvalue weighted by Gasteiger charge is -2.17. The molecule has 114 valence electrons. The summed E-state index contributed by atoms with van der Waals surface area (Å²) in [6.07, 6.45) is 0. The highest BCUT2D eigenvalue weighted by molar-refractivity contribution is 7.97. The second-order valence-electron chi connectivity index (χ2n) is 4.48. The monoisotopic (exact) mass is 315 g/mol. The fourth-order valence-corrected chi connectivity index (χ4v) is 2.75. The lowest BCUT2D eigenvalue weighted by molar-refractivity contribution is 0.0522. The molecule has 0 aliphatic rings. The predicted molar refractivity (Wildman–Crippen MR) is 86.8 cm³/mol. The van der Waals surface area contributed by atoms with Crippen molar-refractivity contribution in [3.8, 4) is 0 Å². The first kappa shape index (κ1) is 16.1. The molecule has 0 saturated heterocycles. The van der Waals surface area contributed by atoms with Gasteiger partial charge in [0, 0.05) is 17.5 Å². The summed E-state index contributed by atoms with van der Waals surface area (Å²) in [5.74, 6) is -0.504. The number of nitrogens with zero attached hydrogens (tertiary/aromatic N) is 1. The number of amides is 1.